The first kappa shape index (κ1) is 18.3. The first-order chi connectivity index (χ1) is 13.6. The van der Waals surface area contributed by atoms with E-state index < -0.39 is 0 Å². The monoisotopic (exact) mass is 415 g/mol. The largest absolute Gasteiger partial charge is 0.470 e. The lowest BCUT2D eigenvalue weighted by Gasteiger charge is -2.51. The van der Waals surface area contributed by atoms with Gasteiger partial charge < -0.3 is 15.1 Å². The van der Waals surface area contributed by atoms with Crippen LogP contribution in [-0.2, 0) is 0 Å². The summed E-state index contributed by atoms with van der Waals surface area (Å²) < 4.78 is 6.65. The van der Waals surface area contributed by atoms with Gasteiger partial charge in [0.25, 0.3) is 0 Å². The topological polar surface area (TPSA) is 27.7 Å². The molecule has 0 bridgehead atoms. The van der Waals surface area contributed by atoms with Crippen LogP contribution in [-0.4, -0.2) is 35.3 Å². The van der Waals surface area contributed by atoms with E-state index in [9.17, 15) is 0 Å². The van der Waals surface area contributed by atoms with Crippen molar-refractivity contribution in [2.24, 2.45) is 0 Å². The minimum atomic E-state index is -0.359. The number of halogens is 2. The molecule has 0 aromatic heterocycles. The van der Waals surface area contributed by atoms with Gasteiger partial charge in [0.2, 0.25) is 0 Å². The van der Waals surface area contributed by atoms with Crippen LogP contribution in [0.4, 0.5) is 0 Å². The van der Waals surface area contributed by atoms with Crippen molar-refractivity contribution >= 4 is 28.9 Å². The minimum absolute atomic E-state index is 0.111. The molecular weight excluding hydrogens is 393 g/mol. The quantitative estimate of drug-likeness (QED) is 0.737. The van der Waals surface area contributed by atoms with Crippen molar-refractivity contribution in [1.82, 2.24) is 15.3 Å². The Labute approximate surface area is 175 Å². The molecular formula is C22H23Cl2N3O. The third kappa shape index (κ3) is 2.91. The fourth-order valence-corrected chi connectivity index (χ4v) is 5.05. The standard InChI is InChI=1S/C22H23Cl2N3O/c1-2-26-11-9-22(10-12-26)27-20(17-5-3-4-6-21(17)28-22)14-19(25-27)16-8-7-15(23)13-18(16)24/h3-8,13-14,20,25H,2,9-12H2,1H3/t20-/m0/s1. The normalized spacial score (nSPS) is 23.5. The molecule has 5 rings (SSSR count). The van der Waals surface area contributed by atoms with E-state index in [0.717, 1.165) is 49.5 Å². The Morgan fingerprint density at radius 3 is 2.68 bits per heavy atom. The van der Waals surface area contributed by atoms with E-state index in [1.165, 1.54) is 5.56 Å². The van der Waals surface area contributed by atoms with Gasteiger partial charge in [-0.3, -0.25) is 0 Å². The van der Waals surface area contributed by atoms with Gasteiger partial charge in [-0.2, -0.15) is 5.01 Å². The van der Waals surface area contributed by atoms with E-state index in [1.54, 1.807) is 6.07 Å². The molecule has 0 saturated carbocycles. The van der Waals surface area contributed by atoms with Gasteiger partial charge in [-0.1, -0.05) is 48.3 Å². The van der Waals surface area contributed by atoms with E-state index in [2.05, 4.69) is 46.5 Å². The molecule has 28 heavy (non-hydrogen) atoms. The van der Waals surface area contributed by atoms with Crippen LogP contribution in [0.1, 0.15) is 36.9 Å². The van der Waals surface area contributed by atoms with Crippen LogP contribution in [0.5, 0.6) is 5.75 Å². The summed E-state index contributed by atoms with van der Waals surface area (Å²) in [7, 11) is 0. The van der Waals surface area contributed by atoms with Crippen molar-refractivity contribution < 1.29 is 4.74 Å². The van der Waals surface area contributed by atoms with E-state index in [1.807, 2.05) is 18.2 Å². The molecule has 1 N–H and O–H groups in total. The maximum Gasteiger partial charge on any atom is 0.182 e. The van der Waals surface area contributed by atoms with Gasteiger partial charge in [0.1, 0.15) is 5.75 Å². The third-order valence-electron chi connectivity index (χ3n) is 6.13. The van der Waals surface area contributed by atoms with Crippen LogP contribution < -0.4 is 10.2 Å². The number of benzene rings is 2. The number of nitrogens with zero attached hydrogens (tertiary/aromatic N) is 2. The van der Waals surface area contributed by atoms with E-state index in [-0.39, 0.29) is 11.8 Å². The SMILES string of the molecule is CCN1CCC2(CC1)Oc1ccccc1[C@@H]1C=C(c3ccc(Cl)cc3Cl)NN12. The number of hydrazine groups is 1. The predicted octanol–water partition coefficient (Wildman–Crippen LogP) is 5.10. The molecule has 3 heterocycles. The highest BCUT2D eigenvalue weighted by Crippen LogP contribution is 2.48. The Morgan fingerprint density at radius 1 is 1.14 bits per heavy atom. The molecule has 0 amide bonds. The molecule has 0 unspecified atom stereocenters. The highest BCUT2D eigenvalue weighted by Gasteiger charge is 2.51. The first-order valence-electron chi connectivity index (χ1n) is 9.83. The van der Waals surface area contributed by atoms with E-state index in [4.69, 9.17) is 27.9 Å². The fraction of sp³-hybridized carbons (Fsp3) is 0.364. The Balaban J connectivity index is 1.55. The van der Waals surface area contributed by atoms with Crippen LogP contribution in [0, 0.1) is 0 Å². The van der Waals surface area contributed by atoms with Crippen LogP contribution in [0.2, 0.25) is 10.0 Å². The maximum atomic E-state index is 6.65. The first-order valence-corrected chi connectivity index (χ1v) is 10.6. The summed E-state index contributed by atoms with van der Waals surface area (Å²) in [6, 6.07) is 14.1. The number of likely N-dealkylation sites (tertiary alicyclic amines) is 1. The van der Waals surface area contributed by atoms with Crippen molar-refractivity contribution in [2.45, 2.75) is 31.5 Å². The Hall–Kier alpha value is -1.72. The molecule has 2 aromatic carbocycles. The Morgan fingerprint density at radius 2 is 1.93 bits per heavy atom. The predicted molar refractivity (Wildman–Crippen MR) is 113 cm³/mol. The van der Waals surface area contributed by atoms with E-state index in [0.29, 0.717) is 10.0 Å². The molecule has 1 atom stereocenters. The third-order valence-corrected chi connectivity index (χ3v) is 6.67. The van der Waals surface area contributed by atoms with Crippen LogP contribution in [0.3, 0.4) is 0 Å². The highest BCUT2D eigenvalue weighted by atomic mass is 35.5. The molecule has 146 valence electrons. The summed E-state index contributed by atoms with van der Waals surface area (Å²) in [6.45, 7) is 5.35. The molecule has 0 aliphatic carbocycles. The average molecular weight is 416 g/mol. The molecule has 6 heteroatoms. The Bertz CT molecular complexity index is 937. The van der Waals surface area contributed by atoms with Gasteiger partial charge in [0.05, 0.1) is 16.8 Å². The average Bonchev–Trinajstić information content (AvgIpc) is 3.15. The smallest absolute Gasteiger partial charge is 0.182 e. The fourth-order valence-electron chi connectivity index (χ4n) is 4.54. The lowest BCUT2D eigenvalue weighted by Crippen LogP contribution is -2.63. The van der Waals surface area contributed by atoms with Gasteiger partial charge in [-0.05, 0) is 36.9 Å². The van der Waals surface area contributed by atoms with Gasteiger partial charge >= 0.3 is 0 Å². The van der Waals surface area contributed by atoms with Crippen molar-refractivity contribution in [3.63, 3.8) is 0 Å². The van der Waals surface area contributed by atoms with Gasteiger partial charge in [-0.15, -0.1) is 0 Å². The molecule has 1 saturated heterocycles. The molecule has 0 radical (unpaired) electrons. The zero-order chi connectivity index (χ0) is 19.3. The Kier molecular flexibility index (Phi) is 4.55. The van der Waals surface area contributed by atoms with Gasteiger partial charge in [-0.25, -0.2) is 0 Å². The summed E-state index contributed by atoms with van der Waals surface area (Å²) in [6.07, 6.45) is 4.16. The summed E-state index contributed by atoms with van der Waals surface area (Å²) in [5.74, 6) is 0.982. The highest BCUT2D eigenvalue weighted by molar-refractivity contribution is 6.35. The summed E-state index contributed by atoms with van der Waals surface area (Å²) in [5.41, 5.74) is 6.41. The number of ether oxygens (including phenoxy) is 1. The molecule has 1 spiro atoms. The summed E-state index contributed by atoms with van der Waals surface area (Å²) in [5, 5.41) is 3.58. The van der Waals surface area contributed by atoms with Crippen molar-refractivity contribution in [2.75, 3.05) is 19.6 Å². The van der Waals surface area contributed by atoms with E-state index >= 15 is 0 Å². The molecule has 3 aliphatic heterocycles. The lowest BCUT2D eigenvalue weighted by atomic mass is 9.93. The van der Waals surface area contributed by atoms with Gasteiger partial charge in [0, 0.05) is 42.1 Å². The summed E-state index contributed by atoms with van der Waals surface area (Å²) >= 11 is 12.6. The second kappa shape index (κ2) is 6.96. The van der Waals surface area contributed by atoms with Crippen molar-refractivity contribution in [1.29, 1.82) is 0 Å². The number of hydrogen-bond donors (Lipinski definition) is 1. The lowest BCUT2D eigenvalue weighted by molar-refractivity contribution is -0.159. The molecule has 1 fully saturated rings. The second-order valence-corrected chi connectivity index (χ2v) is 8.50. The van der Waals surface area contributed by atoms with Gasteiger partial charge in [0.15, 0.2) is 5.72 Å². The molecule has 3 aliphatic rings. The zero-order valence-electron chi connectivity index (χ0n) is 15.8. The van der Waals surface area contributed by atoms with Crippen LogP contribution in [0.15, 0.2) is 48.5 Å². The van der Waals surface area contributed by atoms with Crippen LogP contribution >= 0.6 is 23.2 Å². The molecule has 2 aromatic rings. The summed E-state index contributed by atoms with van der Waals surface area (Å²) in [4.78, 5) is 2.48. The number of rotatable bonds is 2. The number of para-hydroxylation sites is 1. The minimum Gasteiger partial charge on any atom is -0.470 e. The maximum absolute atomic E-state index is 6.65. The zero-order valence-corrected chi connectivity index (χ0v) is 17.3. The number of fused-ring (bicyclic) bond motifs is 4. The van der Waals surface area contributed by atoms with Crippen molar-refractivity contribution in [3.8, 4) is 5.75 Å². The van der Waals surface area contributed by atoms with Crippen molar-refractivity contribution in [3.05, 3.63) is 69.7 Å². The number of nitrogens with one attached hydrogen (secondary N) is 1. The second-order valence-electron chi connectivity index (χ2n) is 7.65. The van der Waals surface area contributed by atoms with Crippen LogP contribution in [0.25, 0.3) is 5.70 Å². The number of piperidine rings is 1. The number of hydrogen-bond acceptors (Lipinski definition) is 4. The molecule has 4 nitrogen and oxygen atoms in total.